The van der Waals surface area contributed by atoms with Gasteiger partial charge in [-0.25, -0.2) is 4.68 Å². The lowest BCUT2D eigenvalue weighted by atomic mass is 10.2. The fourth-order valence-corrected chi connectivity index (χ4v) is 1.80. The van der Waals surface area contributed by atoms with Crippen LogP contribution in [0.4, 0.5) is 5.82 Å². The highest BCUT2D eigenvalue weighted by atomic mass is 35.5. The molecule has 0 unspecified atom stereocenters. The number of benzene rings is 1. The van der Waals surface area contributed by atoms with Crippen molar-refractivity contribution in [1.82, 2.24) is 9.78 Å². The summed E-state index contributed by atoms with van der Waals surface area (Å²) in [7, 11) is 0. The molecule has 0 amide bonds. The molecule has 1 aromatic heterocycles. The molecule has 0 atom stereocenters. The molecule has 5 heteroatoms. The number of aromatic nitrogens is 2. The zero-order chi connectivity index (χ0) is 12.4. The van der Waals surface area contributed by atoms with Crippen LogP contribution < -0.4 is 10.5 Å². The number of anilines is 1. The van der Waals surface area contributed by atoms with E-state index in [2.05, 4.69) is 5.10 Å². The van der Waals surface area contributed by atoms with Gasteiger partial charge in [0.1, 0.15) is 11.6 Å². The van der Waals surface area contributed by atoms with E-state index >= 15 is 0 Å². The second-order valence-electron chi connectivity index (χ2n) is 3.89. The van der Waals surface area contributed by atoms with Gasteiger partial charge in [-0.1, -0.05) is 11.6 Å². The van der Waals surface area contributed by atoms with E-state index in [0.29, 0.717) is 17.6 Å². The van der Waals surface area contributed by atoms with Gasteiger partial charge in [0.05, 0.1) is 0 Å². The minimum Gasteiger partial charge on any atom is -0.471 e. The fourth-order valence-electron chi connectivity index (χ4n) is 1.57. The second-order valence-corrected chi connectivity index (χ2v) is 4.33. The Morgan fingerprint density at radius 2 is 2.12 bits per heavy atom. The van der Waals surface area contributed by atoms with Gasteiger partial charge >= 0.3 is 0 Å². The largest absolute Gasteiger partial charge is 0.471 e. The summed E-state index contributed by atoms with van der Waals surface area (Å²) < 4.78 is 7.37. The van der Waals surface area contributed by atoms with Gasteiger partial charge in [-0.2, -0.15) is 5.10 Å². The highest BCUT2D eigenvalue weighted by Gasteiger charge is 2.04. The quantitative estimate of drug-likeness (QED) is 0.913. The molecule has 0 saturated carbocycles. The van der Waals surface area contributed by atoms with Gasteiger partial charge in [0, 0.05) is 16.8 Å². The van der Waals surface area contributed by atoms with Gasteiger partial charge in [-0.3, -0.25) is 0 Å². The van der Waals surface area contributed by atoms with Crippen LogP contribution in [0.3, 0.4) is 0 Å². The van der Waals surface area contributed by atoms with Gasteiger partial charge < -0.3 is 10.5 Å². The predicted octanol–water partition coefficient (Wildman–Crippen LogP) is 2.77. The molecule has 0 aliphatic heterocycles. The number of aryl methyl sites for hydroxylation is 2. The summed E-state index contributed by atoms with van der Waals surface area (Å²) in [5, 5.41) is 4.82. The Bertz CT molecular complexity index is 537. The molecule has 0 saturated heterocycles. The molecule has 0 bridgehead atoms. The minimum absolute atomic E-state index is 0.339. The molecule has 0 aliphatic carbocycles. The first-order valence-corrected chi connectivity index (χ1v) is 5.63. The highest BCUT2D eigenvalue weighted by Crippen LogP contribution is 2.22. The average Bonchev–Trinajstić information content (AvgIpc) is 2.56. The van der Waals surface area contributed by atoms with Crippen LogP contribution >= 0.6 is 11.6 Å². The molecule has 1 aromatic carbocycles. The molecule has 1 heterocycles. The number of nitrogens with two attached hydrogens (primary N) is 1. The molecule has 2 aromatic rings. The molecule has 0 radical (unpaired) electrons. The summed E-state index contributed by atoms with van der Waals surface area (Å²) in [5.74, 6) is 1.29. The third-order valence-electron chi connectivity index (χ3n) is 2.48. The summed E-state index contributed by atoms with van der Waals surface area (Å²) >= 11 is 5.87. The fraction of sp³-hybridized carbons (Fsp3) is 0.250. The second kappa shape index (κ2) is 4.67. The Kier molecular flexibility index (Phi) is 3.24. The Morgan fingerprint density at radius 1 is 1.35 bits per heavy atom. The van der Waals surface area contributed by atoms with Crippen molar-refractivity contribution in [3.8, 4) is 5.75 Å². The minimum atomic E-state index is 0.339. The number of nitrogens with zero attached hydrogens (tertiary/aromatic N) is 2. The van der Waals surface area contributed by atoms with Crippen molar-refractivity contribution < 1.29 is 4.74 Å². The standard InChI is InChI=1S/C12H14ClN3O/c1-8-5-10(13)3-4-11(8)17-7-16-9(2)6-12(14)15-16/h3-6H,7H2,1-2H3,(H2,14,15). The monoisotopic (exact) mass is 251 g/mol. The number of ether oxygens (including phenoxy) is 1. The Hall–Kier alpha value is -1.68. The predicted molar refractivity (Wildman–Crippen MR) is 68.2 cm³/mol. The normalized spacial score (nSPS) is 10.5. The molecular formula is C12H14ClN3O. The maximum absolute atomic E-state index is 5.87. The van der Waals surface area contributed by atoms with Crippen LogP contribution in [0.1, 0.15) is 11.3 Å². The van der Waals surface area contributed by atoms with Gasteiger partial charge in [0.15, 0.2) is 6.73 Å². The van der Waals surface area contributed by atoms with E-state index in [0.717, 1.165) is 17.0 Å². The van der Waals surface area contributed by atoms with Crippen molar-refractivity contribution in [2.24, 2.45) is 0 Å². The van der Waals surface area contributed by atoms with E-state index in [4.69, 9.17) is 22.1 Å². The SMILES string of the molecule is Cc1cc(Cl)ccc1OCn1nc(N)cc1C. The smallest absolute Gasteiger partial charge is 0.181 e. The van der Waals surface area contributed by atoms with Crippen molar-refractivity contribution in [3.05, 3.63) is 40.5 Å². The van der Waals surface area contributed by atoms with Gasteiger partial charge in [-0.15, -0.1) is 0 Å². The zero-order valence-electron chi connectivity index (χ0n) is 9.77. The van der Waals surface area contributed by atoms with E-state index < -0.39 is 0 Å². The summed E-state index contributed by atoms with van der Waals surface area (Å²) in [6.07, 6.45) is 0. The molecule has 2 rings (SSSR count). The van der Waals surface area contributed by atoms with Crippen LogP contribution in [0.5, 0.6) is 5.75 Å². The molecule has 17 heavy (non-hydrogen) atoms. The summed E-state index contributed by atoms with van der Waals surface area (Å²) in [4.78, 5) is 0. The Labute approximate surface area is 105 Å². The lowest BCUT2D eigenvalue weighted by molar-refractivity contribution is 0.217. The molecule has 90 valence electrons. The first kappa shape index (κ1) is 11.8. The number of rotatable bonds is 3. The zero-order valence-corrected chi connectivity index (χ0v) is 10.5. The van der Waals surface area contributed by atoms with Crippen LogP contribution in [-0.4, -0.2) is 9.78 Å². The van der Waals surface area contributed by atoms with Crippen LogP contribution in [0.15, 0.2) is 24.3 Å². The van der Waals surface area contributed by atoms with Crippen molar-refractivity contribution in [2.45, 2.75) is 20.6 Å². The Morgan fingerprint density at radius 3 is 2.71 bits per heavy atom. The van der Waals surface area contributed by atoms with Crippen molar-refractivity contribution in [3.63, 3.8) is 0 Å². The summed E-state index contributed by atoms with van der Waals surface area (Å²) in [6, 6.07) is 7.31. The number of hydrogen-bond donors (Lipinski definition) is 1. The number of nitrogen functional groups attached to an aromatic ring is 1. The average molecular weight is 252 g/mol. The summed E-state index contributed by atoms with van der Waals surface area (Å²) in [5.41, 5.74) is 7.56. The number of hydrogen-bond acceptors (Lipinski definition) is 3. The molecule has 0 fully saturated rings. The maximum Gasteiger partial charge on any atom is 0.181 e. The summed E-state index contributed by atoms with van der Waals surface area (Å²) in [6.45, 7) is 4.22. The van der Waals surface area contributed by atoms with Crippen LogP contribution in [0, 0.1) is 13.8 Å². The molecule has 2 N–H and O–H groups in total. The van der Waals surface area contributed by atoms with Crippen molar-refractivity contribution in [2.75, 3.05) is 5.73 Å². The number of halogens is 1. The van der Waals surface area contributed by atoms with Crippen molar-refractivity contribution in [1.29, 1.82) is 0 Å². The van der Waals surface area contributed by atoms with Crippen molar-refractivity contribution >= 4 is 17.4 Å². The molecule has 0 aliphatic rings. The lowest BCUT2D eigenvalue weighted by Crippen LogP contribution is -2.09. The van der Waals surface area contributed by atoms with Gasteiger partial charge in [-0.05, 0) is 37.6 Å². The topological polar surface area (TPSA) is 53.1 Å². The van der Waals surface area contributed by atoms with E-state index in [9.17, 15) is 0 Å². The van der Waals surface area contributed by atoms with E-state index in [1.807, 2.05) is 26.0 Å². The molecular weight excluding hydrogens is 238 g/mol. The Balaban J connectivity index is 2.10. The van der Waals surface area contributed by atoms with E-state index in [1.54, 1.807) is 16.8 Å². The van der Waals surface area contributed by atoms with Crippen LogP contribution in [0.25, 0.3) is 0 Å². The van der Waals surface area contributed by atoms with Gasteiger partial charge in [0.2, 0.25) is 0 Å². The molecule has 0 spiro atoms. The first-order chi connectivity index (χ1) is 8.06. The maximum atomic E-state index is 5.87. The molecule has 4 nitrogen and oxygen atoms in total. The highest BCUT2D eigenvalue weighted by molar-refractivity contribution is 6.30. The third-order valence-corrected chi connectivity index (χ3v) is 2.71. The van der Waals surface area contributed by atoms with Crippen LogP contribution in [-0.2, 0) is 6.73 Å². The van der Waals surface area contributed by atoms with E-state index in [-0.39, 0.29) is 0 Å². The van der Waals surface area contributed by atoms with Crippen LogP contribution in [0.2, 0.25) is 5.02 Å². The lowest BCUT2D eigenvalue weighted by Gasteiger charge is -2.10. The van der Waals surface area contributed by atoms with E-state index in [1.165, 1.54) is 0 Å². The first-order valence-electron chi connectivity index (χ1n) is 5.25. The third kappa shape index (κ3) is 2.71. The van der Waals surface area contributed by atoms with Gasteiger partial charge in [0.25, 0.3) is 0 Å².